The number of ether oxygens (including phenoxy) is 1. The van der Waals surface area contributed by atoms with Crippen LogP contribution in [-0.4, -0.2) is 23.7 Å². The molecule has 0 spiro atoms. The van der Waals surface area contributed by atoms with Gasteiger partial charge in [-0.2, -0.15) is 0 Å². The second kappa shape index (κ2) is 6.99. The molecule has 1 N–H and O–H groups in total. The number of nitrogens with one attached hydrogen (secondary N) is 1. The second-order valence-corrected chi connectivity index (χ2v) is 4.70. The summed E-state index contributed by atoms with van der Waals surface area (Å²) in [6, 6.07) is 3.91. The highest BCUT2D eigenvalue weighted by Crippen LogP contribution is 2.20. The summed E-state index contributed by atoms with van der Waals surface area (Å²) in [5.41, 5.74) is 1.17. The molecule has 0 radical (unpaired) electrons. The van der Waals surface area contributed by atoms with Gasteiger partial charge in [-0.15, -0.1) is 0 Å². The maximum Gasteiger partial charge on any atom is 0.407 e. The van der Waals surface area contributed by atoms with Crippen LogP contribution in [0.4, 0.5) is 4.79 Å². The van der Waals surface area contributed by atoms with Crippen LogP contribution in [0.5, 0.6) is 0 Å². The number of nitrogens with zero attached hydrogens (tertiary/aromatic N) is 1. The molecule has 0 atom stereocenters. The number of amides is 1. The van der Waals surface area contributed by atoms with Gasteiger partial charge in [0.1, 0.15) is 6.10 Å². The van der Waals surface area contributed by atoms with E-state index in [-0.39, 0.29) is 12.2 Å². The topological polar surface area (TPSA) is 51.2 Å². The van der Waals surface area contributed by atoms with E-state index in [4.69, 9.17) is 4.74 Å². The van der Waals surface area contributed by atoms with Gasteiger partial charge in [-0.05, 0) is 49.8 Å². The Morgan fingerprint density at radius 3 is 2.72 bits per heavy atom. The van der Waals surface area contributed by atoms with Gasteiger partial charge in [0.25, 0.3) is 0 Å². The molecule has 1 aliphatic rings. The molecule has 0 unspecified atom stereocenters. The summed E-state index contributed by atoms with van der Waals surface area (Å²) in [6.07, 6.45) is 9.81. The summed E-state index contributed by atoms with van der Waals surface area (Å²) < 4.78 is 5.37. The first-order chi connectivity index (χ1) is 8.84. The Morgan fingerprint density at radius 1 is 1.28 bits per heavy atom. The summed E-state index contributed by atoms with van der Waals surface area (Å²) in [4.78, 5) is 15.5. The Morgan fingerprint density at radius 2 is 2.00 bits per heavy atom. The van der Waals surface area contributed by atoms with Crippen molar-refractivity contribution in [3.8, 4) is 0 Å². The fraction of sp³-hybridized carbons (Fsp3) is 0.571. The van der Waals surface area contributed by atoms with Crippen LogP contribution in [0.25, 0.3) is 0 Å². The van der Waals surface area contributed by atoms with Crippen LogP contribution < -0.4 is 5.32 Å². The van der Waals surface area contributed by atoms with Crippen molar-refractivity contribution in [3.05, 3.63) is 30.1 Å². The third-order valence-electron chi connectivity index (χ3n) is 3.26. The Hall–Kier alpha value is -1.58. The van der Waals surface area contributed by atoms with Crippen molar-refractivity contribution < 1.29 is 9.53 Å². The van der Waals surface area contributed by atoms with Crippen molar-refractivity contribution in [3.63, 3.8) is 0 Å². The van der Waals surface area contributed by atoms with E-state index in [0.29, 0.717) is 6.54 Å². The van der Waals surface area contributed by atoms with E-state index in [0.717, 1.165) is 19.3 Å². The molecule has 1 saturated carbocycles. The third-order valence-corrected chi connectivity index (χ3v) is 3.26. The minimum Gasteiger partial charge on any atom is -0.446 e. The van der Waals surface area contributed by atoms with Crippen molar-refractivity contribution in [2.24, 2.45) is 0 Å². The van der Waals surface area contributed by atoms with Gasteiger partial charge in [-0.1, -0.05) is 6.42 Å². The van der Waals surface area contributed by atoms with Crippen molar-refractivity contribution >= 4 is 6.09 Å². The minimum atomic E-state index is -0.282. The van der Waals surface area contributed by atoms with Gasteiger partial charge >= 0.3 is 6.09 Å². The van der Waals surface area contributed by atoms with Crippen molar-refractivity contribution in [2.45, 2.75) is 44.6 Å². The molecule has 0 saturated heterocycles. The first kappa shape index (κ1) is 12.9. The lowest BCUT2D eigenvalue weighted by Crippen LogP contribution is -2.31. The molecule has 1 aromatic heterocycles. The smallest absolute Gasteiger partial charge is 0.407 e. The molecular weight excluding hydrogens is 228 g/mol. The Balaban J connectivity index is 1.62. The minimum absolute atomic E-state index is 0.125. The average Bonchev–Trinajstić information content (AvgIpc) is 2.41. The molecular formula is C14H20N2O2. The number of hydrogen-bond acceptors (Lipinski definition) is 3. The molecule has 0 bridgehead atoms. The summed E-state index contributed by atoms with van der Waals surface area (Å²) in [5.74, 6) is 0. The summed E-state index contributed by atoms with van der Waals surface area (Å²) in [6.45, 7) is 0.607. The predicted molar refractivity (Wildman–Crippen MR) is 69.3 cm³/mol. The summed E-state index contributed by atoms with van der Waals surface area (Å²) >= 11 is 0. The van der Waals surface area contributed by atoms with Crippen LogP contribution in [0.15, 0.2) is 24.5 Å². The van der Waals surface area contributed by atoms with E-state index in [1.54, 1.807) is 12.4 Å². The number of carbonyl (C=O) groups is 1. The van der Waals surface area contributed by atoms with Crippen LogP contribution in [-0.2, 0) is 11.2 Å². The molecule has 4 nitrogen and oxygen atoms in total. The van der Waals surface area contributed by atoms with Crippen LogP contribution in [0.1, 0.15) is 37.7 Å². The zero-order chi connectivity index (χ0) is 12.6. The van der Waals surface area contributed by atoms with E-state index >= 15 is 0 Å². The van der Waals surface area contributed by atoms with Gasteiger partial charge in [0.05, 0.1) is 0 Å². The zero-order valence-electron chi connectivity index (χ0n) is 10.6. The predicted octanol–water partition coefficient (Wildman–Crippen LogP) is 2.68. The normalized spacial score (nSPS) is 16.2. The number of aromatic nitrogens is 1. The molecule has 0 aliphatic heterocycles. The summed E-state index contributed by atoms with van der Waals surface area (Å²) in [5, 5.41) is 2.80. The standard InChI is InChI=1S/C14H20N2O2/c17-14(18-13-4-2-1-3-5-13)16-11-8-12-6-9-15-10-7-12/h6-7,9-10,13H,1-5,8,11H2,(H,16,17). The van der Waals surface area contributed by atoms with Gasteiger partial charge in [-0.3, -0.25) is 4.98 Å². The summed E-state index contributed by atoms with van der Waals surface area (Å²) in [7, 11) is 0. The molecule has 2 rings (SSSR count). The average molecular weight is 248 g/mol. The zero-order valence-corrected chi connectivity index (χ0v) is 10.6. The van der Waals surface area contributed by atoms with Crippen LogP contribution in [0, 0.1) is 0 Å². The largest absolute Gasteiger partial charge is 0.446 e. The second-order valence-electron chi connectivity index (χ2n) is 4.70. The van der Waals surface area contributed by atoms with E-state index in [1.165, 1.54) is 24.8 Å². The lowest BCUT2D eigenvalue weighted by Gasteiger charge is -2.21. The van der Waals surface area contributed by atoms with E-state index in [1.807, 2.05) is 12.1 Å². The maximum atomic E-state index is 11.6. The molecule has 18 heavy (non-hydrogen) atoms. The highest BCUT2D eigenvalue weighted by molar-refractivity contribution is 5.67. The van der Waals surface area contributed by atoms with E-state index in [9.17, 15) is 4.79 Å². The molecule has 1 aromatic rings. The van der Waals surface area contributed by atoms with Crippen molar-refractivity contribution in [2.75, 3.05) is 6.54 Å². The lowest BCUT2D eigenvalue weighted by atomic mass is 9.98. The van der Waals surface area contributed by atoms with Gasteiger partial charge in [0, 0.05) is 18.9 Å². The fourth-order valence-corrected chi connectivity index (χ4v) is 2.23. The monoisotopic (exact) mass is 248 g/mol. The molecule has 1 fully saturated rings. The number of pyridine rings is 1. The van der Waals surface area contributed by atoms with Crippen LogP contribution >= 0.6 is 0 Å². The third kappa shape index (κ3) is 4.35. The Labute approximate surface area is 108 Å². The number of carbonyl (C=O) groups excluding carboxylic acids is 1. The molecule has 1 amide bonds. The maximum absolute atomic E-state index is 11.6. The highest BCUT2D eigenvalue weighted by atomic mass is 16.6. The van der Waals surface area contributed by atoms with Gasteiger partial charge in [0.2, 0.25) is 0 Å². The fourth-order valence-electron chi connectivity index (χ4n) is 2.23. The SMILES string of the molecule is O=C(NCCc1ccncc1)OC1CCCCC1. The van der Waals surface area contributed by atoms with Crippen molar-refractivity contribution in [1.29, 1.82) is 0 Å². The molecule has 1 aliphatic carbocycles. The number of rotatable bonds is 4. The molecule has 0 aromatic carbocycles. The first-order valence-corrected chi connectivity index (χ1v) is 6.68. The first-order valence-electron chi connectivity index (χ1n) is 6.68. The van der Waals surface area contributed by atoms with Gasteiger partial charge in [-0.25, -0.2) is 4.79 Å². The number of hydrogen-bond donors (Lipinski definition) is 1. The van der Waals surface area contributed by atoms with Gasteiger partial charge < -0.3 is 10.1 Å². The van der Waals surface area contributed by atoms with Crippen LogP contribution in [0.3, 0.4) is 0 Å². The molecule has 98 valence electrons. The Bertz CT molecular complexity index is 361. The number of alkyl carbamates (subject to hydrolysis) is 1. The Kier molecular flexibility index (Phi) is 5.00. The highest BCUT2D eigenvalue weighted by Gasteiger charge is 2.17. The van der Waals surface area contributed by atoms with E-state index in [2.05, 4.69) is 10.3 Å². The van der Waals surface area contributed by atoms with E-state index < -0.39 is 0 Å². The van der Waals surface area contributed by atoms with Gasteiger partial charge in [0.15, 0.2) is 0 Å². The van der Waals surface area contributed by atoms with Crippen molar-refractivity contribution in [1.82, 2.24) is 10.3 Å². The molecule has 1 heterocycles. The lowest BCUT2D eigenvalue weighted by molar-refractivity contribution is 0.0755. The quantitative estimate of drug-likeness (QED) is 0.891. The molecule has 4 heteroatoms. The van der Waals surface area contributed by atoms with Crippen LogP contribution in [0.2, 0.25) is 0 Å².